The first-order valence-corrected chi connectivity index (χ1v) is 5.73. The number of nitrogens with zero attached hydrogens (tertiary/aromatic N) is 2. The van der Waals surface area contributed by atoms with E-state index in [0.717, 1.165) is 16.9 Å². The summed E-state index contributed by atoms with van der Waals surface area (Å²) in [6.07, 6.45) is 3.78. The molecule has 0 aliphatic carbocycles. The van der Waals surface area contributed by atoms with Gasteiger partial charge in [-0.15, -0.1) is 0 Å². The summed E-state index contributed by atoms with van der Waals surface area (Å²) in [5, 5.41) is 4.24. The fourth-order valence-corrected chi connectivity index (χ4v) is 1.78. The topological polar surface area (TPSA) is 62.3 Å². The second-order valence-electron chi connectivity index (χ2n) is 3.85. The molecular weight excluding hydrogens is 230 g/mol. The van der Waals surface area contributed by atoms with Crippen LogP contribution in [0.4, 0.5) is 0 Å². The molecule has 0 saturated carbocycles. The fourth-order valence-electron chi connectivity index (χ4n) is 1.78. The number of nitrogens with two attached hydrogens (primary N) is 1. The molecule has 2 aromatic rings. The smallest absolute Gasteiger partial charge is 0.161 e. The van der Waals surface area contributed by atoms with Crippen molar-refractivity contribution in [1.82, 2.24) is 9.78 Å². The Labute approximate surface area is 106 Å². The lowest BCUT2D eigenvalue weighted by Gasteiger charge is -2.08. The molecule has 0 aliphatic heterocycles. The third kappa shape index (κ3) is 2.46. The molecule has 0 bridgehead atoms. The van der Waals surface area contributed by atoms with Gasteiger partial charge in [-0.3, -0.25) is 4.68 Å². The highest BCUT2D eigenvalue weighted by molar-refractivity contribution is 5.65. The fraction of sp³-hybridized carbons (Fsp3) is 0.308. The van der Waals surface area contributed by atoms with Crippen molar-refractivity contribution in [2.24, 2.45) is 5.73 Å². The van der Waals surface area contributed by atoms with Crippen LogP contribution in [0.1, 0.15) is 0 Å². The Morgan fingerprint density at radius 1 is 1.17 bits per heavy atom. The molecule has 2 rings (SSSR count). The third-order valence-electron chi connectivity index (χ3n) is 2.71. The number of benzene rings is 1. The highest BCUT2D eigenvalue weighted by atomic mass is 16.5. The van der Waals surface area contributed by atoms with Gasteiger partial charge in [-0.25, -0.2) is 0 Å². The molecule has 0 aliphatic rings. The number of rotatable bonds is 5. The van der Waals surface area contributed by atoms with Gasteiger partial charge < -0.3 is 15.2 Å². The summed E-state index contributed by atoms with van der Waals surface area (Å²) < 4.78 is 12.3. The molecule has 96 valence electrons. The molecule has 1 heterocycles. The van der Waals surface area contributed by atoms with E-state index in [-0.39, 0.29) is 0 Å². The van der Waals surface area contributed by atoms with Gasteiger partial charge in [-0.2, -0.15) is 5.10 Å². The minimum absolute atomic E-state index is 0.576. The van der Waals surface area contributed by atoms with Gasteiger partial charge in [0.1, 0.15) is 0 Å². The lowest BCUT2D eigenvalue weighted by atomic mass is 10.1. The zero-order valence-corrected chi connectivity index (χ0v) is 10.6. The summed E-state index contributed by atoms with van der Waals surface area (Å²) in [6.45, 7) is 1.29. The van der Waals surface area contributed by atoms with E-state index in [1.54, 1.807) is 14.2 Å². The highest BCUT2D eigenvalue weighted by Crippen LogP contribution is 2.31. The number of ether oxygens (including phenoxy) is 2. The minimum atomic E-state index is 0.576. The van der Waals surface area contributed by atoms with Crippen LogP contribution < -0.4 is 15.2 Å². The second-order valence-corrected chi connectivity index (χ2v) is 3.85. The zero-order valence-electron chi connectivity index (χ0n) is 10.6. The Balaban J connectivity index is 2.31. The normalized spacial score (nSPS) is 10.4. The first-order valence-electron chi connectivity index (χ1n) is 5.73. The van der Waals surface area contributed by atoms with Crippen molar-refractivity contribution in [3.8, 4) is 22.6 Å². The molecule has 0 unspecified atom stereocenters. The highest BCUT2D eigenvalue weighted by Gasteiger charge is 2.07. The van der Waals surface area contributed by atoms with Crippen LogP contribution in [0.3, 0.4) is 0 Å². The Kier molecular flexibility index (Phi) is 3.84. The van der Waals surface area contributed by atoms with Crippen molar-refractivity contribution < 1.29 is 9.47 Å². The van der Waals surface area contributed by atoms with Gasteiger partial charge in [0.15, 0.2) is 11.5 Å². The molecule has 0 fully saturated rings. The van der Waals surface area contributed by atoms with Gasteiger partial charge in [0.25, 0.3) is 0 Å². The Bertz CT molecular complexity index is 523. The third-order valence-corrected chi connectivity index (χ3v) is 2.71. The first kappa shape index (κ1) is 12.4. The molecule has 0 amide bonds. The van der Waals surface area contributed by atoms with Gasteiger partial charge in [-0.05, 0) is 17.7 Å². The van der Waals surface area contributed by atoms with E-state index in [4.69, 9.17) is 15.2 Å². The van der Waals surface area contributed by atoms with Crippen LogP contribution >= 0.6 is 0 Å². The average Bonchev–Trinajstić information content (AvgIpc) is 2.87. The monoisotopic (exact) mass is 247 g/mol. The van der Waals surface area contributed by atoms with Crippen LogP contribution in [0.15, 0.2) is 30.6 Å². The van der Waals surface area contributed by atoms with Crippen molar-refractivity contribution in [3.05, 3.63) is 30.6 Å². The lowest BCUT2D eigenvalue weighted by Crippen LogP contribution is -2.09. The molecule has 5 heteroatoms. The van der Waals surface area contributed by atoms with Gasteiger partial charge in [-0.1, -0.05) is 6.07 Å². The summed E-state index contributed by atoms with van der Waals surface area (Å²) in [4.78, 5) is 0. The van der Waals surface area contributed by atoms with E-state index in [0.29, 0.717) is 18.8 Å². The van der Waals surface area contributed by atoms with Crippen molar-refractivity contribution in [1.29, 1.82) is 0 Å². The largest absolute Gasteiger partial charge is 0.493 e. The summed E-state index contributed by atoms with van der Waals surface area (Å²) in [7, 11) is 3.25. The molecule has 0 atom stereocenters. The van der Waals surface area contributed by atoms with Gasteiger partial charge >= 0.3 is 0 Å². The van der Waals surface area contributed by atoms with Crippen molar-refractivity contribution in [2.75, 3.05) is 20.8 Å². The molecule has 1 aromatic carbocycles. The second kappa shape index (κ2) is 5.55. The van der Waals surface area contributed by atoms with Gasteiger partial charge in [0, 0.05) is 18.3 Å². The molecule has 1 aromatic heterocycles. The predicted octanol–water partition coefficient (Wildman–Crippen LogP) is 1.53. The molecule has 5 nitrogen and oxygen atoms in total. The SMILES string of the molecule is COc1ccc(-c2cnn(CCN)c2)cc1OC. The van der Waals surface area contributed by atoms with Crippen LogP contribution in [0, 0.1) is 0 Å². The van der Waals surface area contributed by atoms with E-state index in [1.807, 2.05) is 35.3 Å². The quantitative estimate of drug-likeness (QED) is 0.870. The van der Waals surface area contributed by atoms with Crippen LogP contribution in [0.2, 0.25) is 0 Å². The standard InChI is InChI=1S/C13H17N3O2/c1-17-12-4-3-10(7-13(12)18-2)11-8-15-16(9-11)6-5-14/h3-4,7-9H,5-6,14H2,1-2H3. The van der Waals surface area contributed by atoms with Crippen molar-refractivity contribution in [3.63, 3.8) is 0 Å². The van der Waals surface area contributed by atoms with Crippen LogP contribution in [0.25, 0.3) is 11.1 Å². The molecule has 0 radical (unpaired) electrons. The van der Waals surface area contributed by atoms with Gasteiger partial charge in [0.05, 0.1) is 27.0 Å². The maximum atomic E-state index is 5.49. The number of hydrogen-bond donors (Lipinski definition) is 1. The maximum absolute atomic E-state index is 5.49. The van der Waals surface area contributed by atoms with E-state index in [9.17, 15) is 0 Å². The molecule has 0 saturated heterocycles. The van der Waals surface area contributed by atoms with E-state index < -0.39 is 0 Å². The summed E-state index contributed by atoms with van der Waals surface area (Å²) in [6, 6.07) is 5.79. The average molecular weight is 247 g/mol. The predicted molar refractivity (Wildman–Crippen MR) is 69.8 cm³/mol. The molecule has 18 heavy (non-hydrogen) atoms. The summed E-state index contributed by atoms with van der Waals surface area (Å²) in [5.74, 6) is 1.43. The maximum Gasteiger partial charge on any atom is 0.161 e. The van der Waals surface area contributed by atoms with Crippen LogP contribution in [-0.4, -0.2) is 30.5 Å². The summed E-state index contributed by atoms with van der Waals surface area (Å²) in [5.41, 5.74) is 7.56. The van der Waals surface area contributed by atoms with Crippen LogP contribution in [0.5, 0.6) is 11.5 Å². The van der Waals surface area contributed by atoms with Crippen molar-refractivity contribution >= 4 is 0 Å². The Hall–Kier alpha value is -2.01. The first-order chi connectivity index (χ1) is 8.78. The minimum Gasteiger partial charge on any atom is -0.493 e. The van der Waals surface area contributed by atoms with Gasteiger partial charge in [0.2, 0.25) is 0 Å². The van der Waals surface area contributed by atoms with E-state index >= 15 is 0 Å². The van der Waals surface area contributed by atoms with E-state index in [1.165, 1.54) is 0 Å². The Morgan fingerprint density at radius 2 is 1.94 bits per heavy atom. The summed E-state index contributed by atoms with van der Waals surface area (Å²) >= 11 is 0. The van der Waals surface area contributed by atoms with Crippen molar-refractivity contribution in [2.45, 2.75) is 6.54 Å². The Morgan fingerprint density at radius 3 is 2.61 bits per heavy atom. The molecular formula is C13H17N3O2. The molecule has 2 N–H and O–H groups in total. The lowest BCUT2D eigenvalue weighted by molar-refractivity contribution is 0.355. The number of methoxy groups -OCH3 is 2. The molecule has 0 spiro atoms. The zero-order chi connectivity index (χ0) is 13.0. The number of hydrogen-bond acceptors (Lipinski definition) is 4. The van der Waals surface area contributed by atoms with E-state index in [2.05, 4.69) is 5.10 Å². The van der Waals surface area contributed by atoms with Crippen LogP contribution in [-0.2, 0) is 6.54 Å². The number of aromatic nitrogens is 2.